The first-order valence-corrected chi connectivity index (χ1v) is 6.61. The minimum atomic E-state index is -0.363. The third kappa shape index (κ3) is 3.70. The zero-order valence-corrected chi connectivity index (χ0v) is 11.2. The molecule has 0 spiro atoms. The molecule has 0 radical (unpaired) electrons. The molecular weight excluding hydrogens is 257 g/mol. The van der Waals surface area contributed by atoms with Gasteiger partial charge in [-0.2, -0.15) is 5.26 Å². The average molecular weight is 269 g/mol. The molecule has 2 aromatic carbocycles. The van der Waals surface area contributed by atoms with E-state index in [-0.39, 0.29) is 5.82 Å². The van der Waals surface area contributed by atoms with Gasteiger partial charge < -0.3 is 0 Å². The standard InChI is InChI=1S/C16H12FNS/c1-12-2-4-13(5-3-12)6-7-14-8-9-16(19-11-18)15(17)10-14/h2-10H,1H3/b7-6+. The molecule has 0 bridgehead atoms. The van der Waals surface area contributed by atoms with Gasteiger partial charge in [0.05, 0.1) is 4.90 Å². The van der Waals surface area contributed by atoms with Gasteiger partial charge in [0.25, 0.3) is 0 Å². The van der Waals surface area contributed by atoms with Gasteiger partial charge in [0.15, 0.2) is 0 Å². The Morgan fingerprint density at radius 1 is 1.05 bits per heavy atom. The van der Waals surface area contributed by atoms with E-state index in [0.717, 1.165) is 22.9 Å². The normalized spacial score (nSPS) is 10.6. The van der Waals surface area contributed by atoms with Crippen molar-refractivity contribution >= 4 is 23.9 Å². The Morgan fingerprint density at radius 3 is 2.32 bits per heavy atom. The van der Waals surface area contributed by atoms with Gasteiger partial charge >= 0.3 is 0 Å². The topological polar surface area (TPSA) is 23.8 Å². The molecule has 0 amide bonds. The molecular formula is C16H12FNS. The predicted octanol–water partition coefficient (Wildman–Crippen LogP) is 4.88. The van der Waals surface area contributed by atoms with Crippen molar-refractivity contribution in [3.8, 4) is 5.40 Å². The third-order valence-corrected chi connectivity index (χ3v) is 3.30. The summed E-state index contributed by atoms with van der Waals surface area (Å²) in [5.41, 5.74) is 3.06. The van der Waals surface area contributed by atoms with E-state index >= 15 is 0 Å². The first-order chi connectivity index (χ1) is 9.19. The van der Waals surface area contributed by atoms with Crippen molar-refractivity contribution in [2.45, 2.75) is 11.8 Å². The van der Waals surface area contributed by atoms with E-state index in [4.69, 9.17) is 5.26 Å². The highest BCUT2D eigenvalue weighted by atomic mass is 32.2. The maximum atomic E-state index is 13.6. The van der Waals surface area contributed by atoms with Crippen LogP contribution in [0, 0.1) is 23.4 Å². The molecule has 0 N–H and O–H groups in total. The van der Waals surface area contributed by atoms with Crippen molar-refractivity contribution in [3.63, 3.8) is 0 Å². The minimum absolute atomic E-state index is 0.356. The SMILES string of the molecule is Cc1ccc(/C=C/c2ccc(SC#N)c(F)c2)cc1. The predicted molar refractivity (Wildman–Crippen MR) is 78.0 cm³/mol. The van der Waals surface area contributed by atoms with Gasteiger partial charge in [0.2, 0.25) is 0 Å². The number of thiocyanates is 1. The fraction of sp³-hybridized carbons (Fsp3) is 0.0625. The molecule has 0 heterocycles. The second-order valence-corrected chi connectivity index (χ2v) is 4.95. The van der Waals surface area contributed by atoms with E-state index in [1.165, 1.54) is 11.6 Å². The molecule has 19 heavy (non-hydrogen) atoms. The van der Waals surface area contributed by atoms with Crippen LogP contribution < -0.4 is 0 Å². The van der Waals surface area contributed by atoms with Crippen LogP contribution in [0.25, 0.3) is 12.2 Å². The first-order valence-electron chi connectivity index (χ1n) is 5.79. The lowest BCUT2D eigenvalue weighted by atomic mass is 10.1. The van der Waals surface area contributed by atoms with Crippen LogP contribution >= 0.6 is 11.8 Å². The first kappa shape index (κ1) is 13.4. The van der Waals surface area contributed by atoms with Gasteiger partial charge in [-0.25, -0.2) is 4.39 Å². The molecule has 0 aliphatic heterocycles. The highest BCUT2D eigenvalue weighted by Gasteiger charge is 2.02. The van der Waals surface area contributed by atoms with Gasteiger partial charge in [0, 0.05) is 0 Å². The largest absolute Gasteiger partial charge is 0.206 e. The van der Waals surface area contributed by atoms with Crippen molar-refractivity contribution in [2.24, 2.45) is 0 Å². The monoisotopic (exact) mass is 269 g/mol. The van der Waals surface area contributed by atoms with E-state index in [0.29, 0.717) is 4.90 Å². The summed E-state index contributed by atoms with van der Waals surface area (Å²) in [5.74, 6) is -0.363. The van der Waals surface area contributed by atoms with Gasteiger partial charge in [0.1, 0.15) is 11.2 Å². The lowest BCUT2D eigenvalue weighted by Crippen LogP contribution is -1.81. The second-order valence-electron chi connectivity index (χ2n) is 4.13. The van der Waals surface area contributed by atoms with Gasteiger partial charge in [-0.05, 0) is 41.9 Å². The molecule has 0 fully saturated rings. The molecule has 0 saturated carbocycles. The Morgan fingerprint density at radius 2 is 1.68 bits per heavy atom. The van der Waals surface area contributed by atoms with Crippen LogP contribution in [0.1, 0.15) is 16.7 Å². The zero-order chi connectivity index (χ0) is 13.7. The van der Waals surface area contributed by atoms with Gasteiger partial charge in [-0.15, -0.1) is 0 Å². The fourth-order valence-electron chi connectivity index (χ4n) is 1.62. The molecule has 2 aromatic rings. The summed E-state index contributed by atoms with van der Waals surface area (Å²) in [7, 11) is 0. The van der Waals surface area contributed by atoms with E-state index in [1.807, 2.05) is 48.7 Å². The Hall–Kier alpha value is -2.05. The molecule has 0 aromatic heterocycles. The molecule has 3 heteroatoms. The molecule has 0 atom stereocenters. The number of aryl methyl sites for hydroxylation is 1. The number of halogens is 1. The number of nitrogens with zero attached hydrogens (tertiary/aromatic N) is 1. The smallest absolute Gasteiger partial charge is 0.138 e. The number of thioether (sulfide) groups is 1. The van der Waals surface area contributed by atoms with E-state index < -0.39 is 0 Å². The average Bonchev–Trinajstić information content (AvgIpc) is 2.41. The minimum Gasteiger partial charge on any atom is -0.206 e. The van der Waals surface area contributed by atoms with Crippen LogP contribution in [0.15, 0.2) is 47.4 Å². The molecule has 0 unspecified atom stereocenters. The highest BCUT2D eigenvalue weighted by molar-refractivity contribution is 8.03. The van der Waals surface area contributed by atoms with Gasteiger partial charge in [-0.1, -0.05) is 48.0 Å². The number of hydrogen-bond acceptors (Lipinski definition) is 2. The van der Waals surface area contributed by atoms with Crippen molar-refractivity contribution in [1.82, 2.24) is 0 Å². The van der Waals surface area contributed by atoms with Crippen molar-refractivity contribution in [2.75, 3.05) is 0 Å². The number of nitriles is 1. The van der Waals surface area contributed by atoms with Crippen LogP contribution in [-0.4, -0.2) is 0 Å². The summed E-state index contributed by atoms with van der Waals surface area (Å²) < 4.78 is 13.6. The quantitative estimate of drug-likeness (QED) is 0.450. The van der Waals surface area contributed by atoms with E-state index in [9.17, 15) is 4.39 Å². The summed E-state index contributed by atoms with van der Waals surface area (Å²) in [4.78, 5) is 0.356. The lowest BCUT2D eigenvalue weighted by Gasteiger charge is -1.99. The van der Waals surface area contributed by atoms with Gasteiger partial charge in [-0.3, -0.25) is 0 Å². The van der Waals surface area contributed by atoms with E-state index in [1.54, 1.807) is 12.1 Å². The molecule has 1 nitrogen and oxygen atoms in total. The second kappa shape index (κ2) is 6.21. The van der Waals surface area contributed by atoms with E-state index in [2.05, 4.69) is 0 Å². The number of hydrogen-bond donors (Lipinski definition) is 0. The molecule has 0 aliphatic carbocycles. The lowest BCUT2D eigenvalue weighted by molar-refractivity contribution is 0.602. The number of benzene rings is 2. The Bertz CT molecular complexity index is 639. The van der Waals surface area contributed by atoms with Crippen LogP contribution in [0.4, 0.5) is 4.39 Å². The Labute approximate surface area is 116 Å². The summed E-state index contributed by atoms with van der Waals surface area (Å²) in [5, 5.41) is 10.4. The maximum absolute atomic E-state index is 13.6. The van der Waals surface area contributed by atoms with Crippen LogP contribution in [-0.2, 0) is 0 Å². The summed E-state index contributed by atoms with van der Waals surface area (Å²) in [6.45, 7) is 2.04. The maximum Gasteiger partial charge on any atom is 0.138 e. The Kier molecular flexibility index (Phi) is 4.38. The molecule has 0 saturated heterocycles. The number of rotatable bonds is 3. The zero-order valence-electron chi connectivity index (χ0n) is 10.4. The molecule has 0 aliphatic rings. The van der Waals surface area contributed by atoms with Crippen LogP contribution in [0.2, 0.25) is 0 Å². The molecule has 2 rings (SSSR count). The summed E-state index contributed by atoms with van der Waals surface area (Å²) in [6, 6.07) is 13.0. The third-order valence-electron chi connectivity index (χ3n) is 2.66. The molecule has 94 valence electrons. The van der Waals surface area contributed by atoms with Crippen LogP contribution in [0.3, 0.4) is 0 Å². The summed E-state index contributed by atoms with van der Waals surface area (Å²) in [6.07, 6.45) is 3.79. The van der Waals surface area contributed by atoms with Crippen molar-refractivity contribution in [1.29, 1.82) is 5.26 Å². The Balaban J connectivity index is 2.17. The fourth-order valence-corrected chi connectivity index (χ4v) is 2.01. The van der Waals surface area contributed by atoms with Crippen LogP contribution in [0.5, 0.6) is 0 Å². The summed E-state index contributed by atoms with van der Waals surface area (Å²) >= 11 is 0.833. The van der Waals surface area contributed by atoms with Crippen molar-refractivity contribution in [3.05, 3.63) is 65.0 Å². The van der Waals surface area contributed by atoms with Crippen molar-refractivity contribution < 1.29 is 4.39 Å². The highest BCUT2D eigenvalue weighted by Crippen LogP contribution is 2.22.